The number of rotatable bonds is 2. The molecule has 0 spiro atoms. The average molecular weight is 343 g/mol. The molecule has 2 N–H and O–H groups in total. The Morgan fingerprint density at radius 1 is 1.40 bits per heavy atom. The smallest absolute Gasteiger partial charge is 0.340 e. The number of carbonyl (C=O) groups excluding carboxylic acids is 1. The second-order valence-corrected chi connectivity index (χ2v) is 5.90. The first-order valence-corrected chi connectivity index (χ1v) is 7.29. The highest BCUT2D eigenvalue weighted by molar-refractivity contribution is 9.10. The Kier molecular flexibility index (Phi) is 4.55. The Bertz CT molecular complexity index is 511. The van der Waals surface area contributed by atoms with Gasteiger partial charge < -0.3 is 20.1 Å². The van der Waals surface area contributed by atoms with Gasteiger partial charge in [-0.25, -0.2) is 4.79 Å². The van der Waals surface area contributed by atoms with E-state index in [0.29, 0.717) is 11.3 Å². The van der Waals surface area contributed by atoms with E-state index in [1.165, 1.54) is 7.11 Å². The van der Waals surface area contributed by atoms with Gasteiger partial charge in [0.25, 0.3) is 0 Å². The summed E-state index contributed by atoms with van der Waals surface area (Å²) in [5.74, 6) is -0.425. The van der Waals surface area contributed by atoms with Crippen LogP contribution in [0.15, 0.2) is 16.6 Å². The number of ether oxygens (including phenoxy) is 2. The number of esters is 1. The summed E-state index contributed by atoms with van der Waals surface area (Å²) in [5.41, 5.74) is 7.60. The highest BCUT2D eigenvalue weighted by Crippen LogP contribution is 2.33. The minimum atomic E-state index is -0.425. The van der Waals surface area contributed by atoms with Crippen LogP contribution >= 0.6 is 15.9 Å². The summed E-state index contributed by atoms with van der Waals surface area (Å²) in [5, 5.41) is 0. The summed E-state index contributed by atoms with van der Waals surface area (Å²) in [4.78, 5) is 13.9. The van der Waals surface area contributed by atoms with Crippen molar-refractivity contribution in [1.29, 1.82) is 0 Å². The van der Waals surface area contributed by atoms with Crippen molar-refractivity contribution in [2.75, 3.05) is 30.8 Å². The molecular formula is C14H19BrN2O3. The summed E-state index contributed by atoms with van der Waals surface area (Å²) < 4.78 is 11.4. The number of nitrogens with two attached hydrogens (primary N) is 1. The molecule has 0 amide bonds. The van der Waals surface area contributed by atoms with Crippen molar-refractivity contribution in [1.82, 2.24) is 0 Å². The van der Waals surface area contributed by atoms with Gasteiger partial charge in [0.05, 0.1) is 30.6 Å². The first kappa shape index (κ1) is 15.1. The number of methoxy groups -OCH3 is 1. The molecular weight excluding hydrogens is 324 g/mol. The van der Waals surface area contributed by atoms with Crippen LogP contribution in [-0.4, -0.2) is 38.4 Å². The lowest BCUT2D eigenvalue weighted by molar-refractivity contribution is -0.00525. The molecule has 1 aliphatic rings. The molecule has 0 saturated carbocycles. The molecule has 1 aromatic rings. The Morgan fingerprint density at radius 2 is 2.00 bits per heavy atom. The number of nitrogens with zero attached hydrogens (tertiary/aromatic N) is 1. The molecule has 1 fully saturated rings. The molecule has 20 heavy (non-hydrogen) atoms. The number of halogens is 1. The summed E-state index contributed by atoms with van der Waals surface area (Å²) in [7, 11) is 1.35. The largest absolute Gasteiger partial charge is 0.465 e. The van der Waals surface area contributed by atoms with E-state index in [0.717, 1.165) is 23.2 Å². The minimum absolute atomic E-state index is 0.143. The molecule has 2 atom stereocenters. The third-order valence-electron chi connectivity index (χ3n) is 3.28. The molecule has 0 radical (unpaired) electrons. The zero-order valence-electron chi connectivity index (χ0n) is 11.9. The van der Waals surface area contributed by atoms with E-state index in [1.54, 1.807) is 12.1 Å². The van der Waals surface area contributed by atoms with E-state index in [2.05, 4.69) is 20.8 Å². The lowest BCUT2D eigenvalue weighted by Gasteiger charge is -2.37. The van der Waals surface area contributed by atoms with Crippen molar-refractivity contribution in [3.8, 4) is 0 Å². The van der Waals surface area contributed by atoms with Crippen molar-refractivity contribution < 1.29 is 14.3 Å². The molecule has 110 valence electrons. The van der Waals surface area contributed by atoms with Crippen molar-refractivity contribution >= 4 is 33.3 Å². The molecule has 2 unspecified atom stereocenters. The van der Waals surface area contributed by atoms with Gasteiger partial charge in [-0.05, 0) is 41.9 Å². The normalized spacial score (nSPS) is 22.7. The maximum absolute atomic E-state index is 11.7. The quantitative estimate of drug-likeness (QED) is 0.660. The number of carbonyl (C=O) groups is 1. The van der Waals surface area contributed by atoms with Crippen LogP contribution in [0.3, 0.4) is 0 Å². The van der Waals surface area contributed by atoms with Crippen LogP contribution in [0.4, 0.5) is 11.4 Å². The Morgan fingerprint density at radius 3 is 2.55 bits per heavy atom. The number of hydrogen-bond acceptors (Lipinski definition) is 5. The summed E-state index contributed by atoms with van der Waals surface area (Å²) in [6.45, 7) is 5.62. The lowest BCUT2D eigenvalue weighted by Crippen LogP contribution is -2.45. The van der Waals surface area contributed by atoms with Crippen molar-refractivity contribution in [2.45, 2.75) is 26.1 Å². The van der Waals surface area contributed by atoms with Gasteiger partial charge in [-0.2, -0.15) is 0 Å². The standard InChI is InChI=1S/C14H19BrN2O3/c1-8-6-17(7-9(2)20-8)13-4-10(14(18)19-3)12(16)5-11(13)15/h4-5,8-9H,6-7,16H2,1-3H3. The molecule has 0 aromatic heterocycles. The van der Waals surface area contributed by atoms with E-state index in [-0.39, 0.29) is 12.2 Å². The minimum Gasteiger partial charge on any atom is -0.465 e. The average Bonchev–Trinajstić information content (AvgIpc) is 2.36. The Labute approximate surface area is 127 Å². The first-order valence-electron chi connectivity index (χ1n) is 6.50. The van der Waals surface area contributed by atoms with Gasteiger partial charge in [-0.3, -0.25) is 0 Å². The van der Waals surface area contributed by atoms with Crippen LogP contribution in [0.2, 0.25) is 0 Å². The molecule has 2 rings (SSSR count). The molecule has 0 bridgehead atoms. The zero-order chi connectivity index (χ0) is 14.9. The molecule has 1 saturated heterocycles. The summed E-state index contributed by atoms with van der Waals surface area (Å²) in [6.07, 6.45) is 0.287. The number of anilines is 2. The number of nitrogen functional groups attached to an aromatic ring is 1. The van der Waals surface area contributed by atoms with Crippen molar-refractivity contribution in [2.24, 2.45) is 0 Å². The Hall–Kier alpha value is -1.27. The van der Waals surface area contributed by atoms with E-state index in [1.807, 2.05) is 13.8 Å². The van der Waals surface area contributed by atoms with Gasteiger partial charge in [0.2, 0.25) is 0 Å². The van der Waals surface area contributed by atoms with E-state index >= 15 is 0 Å². The van der Waals surface area contributed by atoms with Crippen LogP contribution in [0.1, 0.15) is 24.2 Å². The fourth-order valence-electron chi connectivity index (χ4n) is 2.48. The van der Waals surface area contributed by atoms with Crippen LogP contribution in [0, 0.1) is 0 Å². The predicted octanol–water partition coefficient (Wildman–Crippen LogP) is 2.43. The van der Waals surface area contributed by atoms with Crippen LogP contribution in [-0.2, 0) is 9.47 Å². The highest BCUT2D eigenvalue weighted by atomic mass is 79.9. The van der Waals surface area contributed by atoms with Crippen molar-refractivity contribution in [3.05, 3.63) is 22.2 Å². The molecule has 0 aliphatic carbocycles. The van der Waals surface area contributed by atoms with Gasteiger partial charge in [0, 0.05) is 23.2 Å². The third kappa shape index (κ3) is 3.07. The molecule has 1 heterocycles. The fraction of sp³-hybridized carbons (Fsp3) is 0.500. The van der Waals surface area contributed by atoms with E-state index in [9.17, 15) is 4.79 Å². The van der Waals surface area contributed by atoms with Crippen LogP contribution < -0.4 is 10.6 Å². The molecule has 1 aliphatic heterocycles. The maximum Gasteiger partial charge on any atom is 0.340 e. The third-order valence-corrected chi connectivity index (χ3v) is 3.92. The zero-order valence-corrected chi connectivity index (χ0v) is 13.4. The van der Waals surface area contributed by atoms with E-state index < -0.39 is 5.97 Å². The second kappa shape index (κ2) is 6.01. The second-order valence-electron chi connectivity index (χ2n) is 5.04. The maximum atomic E-state index is 11.7. The number of morpholine rings is 1. The Balaban J connectivity index is 2.38. The number of benzene rings is 1. The first-order chi connectivity index (χ1) is 9.42. The topological polar surface area (TPSA) is 64.8 Å². The summed E-state index contributed by atoms with van der Waals surface area (Å²) >= 11 is 3.51. The van der Waals surface area contributed by atoms with Gasteiger partial charge in [0.15, 0.2) is 0 Å². The van der Waals surface area contributed by atoms with Gasteiger partial charge >= 0.3 is 5.97 Å². The monoisotopic (exact) mass is 342 g/mol. The molecule has 6 heteroatoms. The van der Waals surface area contributed by atoms with E-state index in [4.69, 9.17) is 15.2 Å². The van der Waals surface area contributed by atoms with Gasteiger partial charge in [0.1, 0.15) is 0 Å². The predicted molar refractivity (Wildman–Crippen MR) is 82.1 cm³/mol. The van der Waals surface area contributed by atoms with Crippen molar-refractivity contribution in [3.63, 3.8) is 0 Å². The molecule has 5 nitrogen and oxygen atoms in total. The van der Waals surface area contributed by atoms with Gasteiger partial charge in [-0.15, -0.1) is 0 Å². The summed E-state index contributed by atoms with van der Waals surface area (Å²) in [6, 6.07) is 3.52. The van der Waals surface area contributed by atoms with Gasteiger partial charge in [-0.1, -0.05) is 0 Å². The fourth-order valence-corrected chi connectivity index (χ4v) is 3.09. The lowest BCUT2D eigenvalue weighted by atomic mass is 10.1. The molecule has 1 aromatic carbocycles. The van der Waals surface area contributed by atoms with Crippen LogP contribution in [0.5, 0.6) is 0 Å². The number of hydrogen-bond donors (Lipinski definition) is 1. The van der Waals surface area contributed by atoms with Crippen LogP contribution in [0.25, 0.3) is 0 Å². The highest BCUT2D eigenvalue weighted by Gasteiger charge is 2.25. The SMILES string of the molecule is COC(=O)c1cc(N2CC(C)OC(C)C2)c(Br)cc1N.